The minimum absolute atomic E-state index is 0.0799. The number of ether oxygens (including phenoxy) is 1. The number of aliphatic hydroxyl groups is 1. The molecule has 4 heteroatoms. The van der Waals surface area contributed by atoms with E-state index in [1.165, 1.54) is 6.26 Å². The predicted molar refractivity (Wildman–Crippen MR) is 72.7 cm³/mol. The molecule has 1 aliphatic heterocycles. The normalized spacial score (nSPS) is 30.3. The lowest BCUT2D eigenvalue weighted by atomic mass is 9.78. The third kappa shape index (κ3) is 2.28. The Morgan fingerprint density at radius 2 is 2.05 bits per heavy atom. The van der Waals surface area contributed by atoms with Gasteiger partial charge in [-0.1, -0.05) is 29.8 Å². The fraction of sp³-hybridized carbons (Fsp3) is 0.400. The van der Waals surface area contributed by atoms with Crippen LogP contribution in [0.15, 0.2) is 30.5 Å². The molecule has 3 nitrogen and oxygen atoms in total. The van der Waals surface area contributed by atoms with Crippen molar-refractivity contribution in [3.05, 3.63) is 41.1 Å². The van der Waals surface area contributed by atoms with Gasteiger partial charge in [-0.15, -0.1) is 0 Å². The fourth-order valence-corrected chi connectivity index (χ4v) is 3.09. The number of carbonyl (C=O) groups is 1. The maximum absolute atomic E-state index is 12.5. The lowest BCUT2D eigenvalue weighted by Crippen LogP contribution is -2.40. The number of allylic oxidation sites excluding steroid dienone is 1. The summed E-state index contributed by atoms with van der Waals surface area (Å²) in [4.78, 5) is 12.5. The van der Waals surface area contributed by atoms with E-state index in [1.807, 2.05) is 18.2 Å². The van der Waals surface area contributed by atoms with Gasteiger partial charge < -0.3 is 9.84 Å². The summed E-state index contributed by atoms with van der Waals surface area (Å²) >= 11 is 6.13. The SMILES string of the molecule is O=C1C(c2ccccc2Cl)=COC2CC(O)CCC12. The maximum atomic E-state index is 12.5. The Bertz CT molecular complexity index is 538. The van der Waals surface area contributed by atoms with Gasteiger partial charge in [-0.2, -0.15) is 0 Å². The van der Waals surface area contributed by atoms with E-state index in [0.29, 0.717) is 29.9 Å². The minimum atomic E-state index is -0.357. The Hall–Kier alpha value is -1.32. The van der Waals surface area contributed by atoms with E-state index < -0.39 is 0 Å². The van der Waals surface area contributed by atoms with Gasteiger partial charge in [-0.25, -0.2) is 0 Å². The quantitative estimate of drug-likeness (QED) is 0.859. The van der Waals surface area contributed by atoms with Crippen LogP contribution in [0.3, 0.4) is 0 Å². The van der Waals surface area contributed by atoms with E-state index in [-0.39, 0.29) is 23.9 Å². The second kappa shape index (κ2) is 4.99. The number of hydrogen-bond donors (Lipinski definition) is 1. The Morgan fingerprint density at radius 3 is 2.84 bits per heavy atom. The average Bonchev–Trinajstić information content (AvgIpc) is 2.40. The number of Topliss-reactive ketones (excluding diaryl/α,β-unsaturated/α-hetero) is 1. The van der Waals surface area contributed by atoms with Crippen LogP contribution in [0.2, 0.25) is 5.02 Å². The van der Waals surface area contributed by atoms with Crippen molar-refractivity contribution in [2.75, 3.05) is 0 Å². The summed E-state index contributed by atoms with van der Waals surface area (Å²) in [5.74, 6) is -0.0732. The second-order valence-electron chi connectivity index (χ2n) is 5.12. The number of halogens is 1. The zero-order valence-corrected chi connectivity index (χ0v) is 11.1. The predicted octanol–water partition coefficient (Wildman–Crippen LogP) is 2.81. The van der Waals surface area contributed by atoms with Gasteiger partial charge in [0.1, 0.15) is 6.10 Å². The fourth-order valence-electron chi connectivity index (χ4n) is 2.85. The first-order valence-corrected chi connectivity index (χ1v) is 6.87. The largest absolute Gasteiger partial charge is 0.496 e. The van der Waals surface area contributed by atoms with E-state index >= 15 is 0 Å². The number of ketones is 1. The zero-order valence-electron chi connectivity index (χ0n) is 10.4. The van der Waals surface area contributed by atoms with Gasteiger partial charge in [-0.3, -0.25) is 4.79 Å². The van der Waals surface area contributed by atoms with Crippen LogP contribution in [0.5, 0.6) is 0 Å². The van der Waals surface area contributed by atoms with Gasteiger partial charge in [0.2, 0.25) is 0 Å². The van der Waals surface area contributed by atoms with Crippen molar-refractivity contribution in [3.63, 3.8) is 0 Å². The number of aliphatic hydroxyl groups excluding tert-OH is 1. The van der Waals surface area contributed by atoms with Crippen LogP contribution in [0.25, 0.3) is 5.57 Å². The Kier molecular flexibility index (Phi) is 3.33. The summed E-state index contributed by atoms with van der Waals surface area (Å²) in [6, 6.07) is 7.28. The number of hydrogen-bond acceptors (Lipinski definition) is 3. The Morgan fingerprint density at radius 1 is 1.26 bits per heavy atom. The van der Waals surface area contributed by atoms with Gasteiger partial charge in [-0.05, 0) is 18.9 Å². The lowest BCUT2D eigenvalue weighted by Gasteiger charge is -2.36. The topological polar surface area (TPSA) is 46.5 Å². The minimum Gasteiger partial charge on any atom is -0.496 e. The van der Waals surface area contributed by atoms with Crippen molar-refractivity contribution in [3.8, 4) is 0 Å². The summed E-state index contributed by atoms with van der Waals surface area (Å²) in [5.41, 5.74) is 1.27. The van der Waals surface area contributed by atoms with Crippen molar-refractivity contribution in [1.82, 2.24) is 0 Å². The van der Waals surface area contributed by atoms with Crippen molar-refractivity contribution in [1.29, 1.82) is 0 Å². The van der Waals surface area contributed by atoms with Gasteiger partial charge in [0.25, 0.3) is 0 Å². The summed E-state index contributed by atoms with van der Waals surface area (Å²) in [7, 11) is 0. The van der Waals surface area contributed by atoms with Crippen molar-refractivity contribution < 1.29 is 14.6 Å². The number of fused-ring (bicyclic) bond motifs is 1. The first kappa shape index (κ1) is 12.7. The molecule has 0 saturated heterocycles. The van der Waals surface area contributed by atoms with Crippen molar-refractivity contribution >= 4 is 23.0 Å². The molecule has 100 valence electrons. The Balaban J connectivity index is 1.93. The highest BCUT2D eigenvalue weighted by Gasteiger charge is 2.40. The van der Waals surface area contributed by atoms with E-state index in [2.05, 4.69) is 0 Å². The second-order valence-corrected chi connectivity index (χ2v) is 5.53. The van der Waals surface area contributed by atoms with Crippen molar-refractivity contribution in [2.45, 2.75) is 31.5 Å². The molecule has 1 aliphatic carbocycles. The van der Waals surface area contributed by atoms with E-state index in [4.69, 9.17) is 16.3 Å². The molecule has 0 bridgehead atoms. The monoisotopic (exact) mass is 278 g/mol. The van der Waals surface area contributed by atoms with Crippen LogP contribution >= 0.6 is 11.6 Å². The van der Waals surface area contributed by atoms with Gasteiger partial charge in [0.05, 0.1) is 23.9 Å². The van der Waals surface area contributed by atoms with Gasteiger partial charge in [0, 0.05) is 17.0 Å². The van der Waals surface area contributed by atoms with Crippen LogP contribution in [0.4, 0.5) is 0 Å². The zero-order chi connectivity index (χ0) is 13.4. The molecule has 1 saturated carbocycles. The number of carbonyl (C=O) groups excluding carboxylic acids is 1. The molecule has 1 fully saturated rings. The summed E-state index contributed by atoms with van der Waals surface area (Å²) in [5, 5.41) is 10.2. The van der Waals surface area contributed by atoms with Gasteiger partial charge >= 0.3 is 0 Å². The molecule has 0 radical (unpaired) electrons. The molecule has 0 spiro atoms. The van der Waals surface area contributed by atoms with E-state index in [9.17, 15) is 9.90 Å². The van der Waals surface area contributed by atoms with E-state index in [0.717, 1.165) is 5.56 Å². The third-order valence-corrected chi connectivity index (χ3v) is 4.22. The highest BCUT2D eigenvalue weighted by molar-refractivity contribution is 6.35. The molecular weight excluding hydrogens is 264 g/mol. The molecule has 1 heterocycles. The van der Waals surface area contributed by atoms with Crippen LogP contribution in [0.1, 0.15) is 24.8 Å². The van der Waals surface area contributed by atoms with Crippen molar-refractivity contribution in [2.24, 2.45) is 5.92 Å². The summed E-state index contributed by atoms with van der Waals surface area (Å²) in [6.45, 7) is 0. The number of benzene rings is 1. The maximum Gasteiger partial charge on any atom is 0.173 e. The van der Waals surface area contributed by atoms with E-state index in [1.54, 1.807) is 6.07 Å². The summed E-state index contributed by atoms with van der Waals surface area (Å²) < 4.78 is 5.64. The molecule has 3 rings (SSSR count). The highest BCUT2D eigenvalue weighted by atomic mass is 35.5. The first-order valence-electron chi connectivity index (χ1n) is 6.49. The van der Waals surface area contributed by atoms with Crippen LogP contribution in [-0.4, -0.2) is 23.1 Å². The summed E-state index contributed by atoms with van der Waals surface area (Å²) in [6.07, 6.45) is 2.82. The lowest BCUT2D eigenvalue weighted by molar-refractivity contribution is -0.126. The standard InChI is InChI=1S/C15H15ClO3/c16-13-4-2-1-3-10(13)12-8-19-14-7-9(17)5-6-11(14)15(12)18/h1-4,8-9,11,14,17H,5-7H2. The van der Waals surface area contributed by atoms with Crippen LogP contribution in [0, 0.1) is 5.92 Å². The number of rotatable bonds is 1. The van der Waals surface area contributed by atoms with Gasteiger partial charge in [0.15, 0.2) is 5.78 Å². The first-order chi connectivity index (χ1) is 9.16. The molecule has 0 amide bonds. The third-order valence-electron chi connectivity index (χ3n) is 3.89. The molecule has 2 aliphatic rings. The molecule has 0 aromatic heterocycles. The molecule has 1 N–H and O–H groups in total. The smallest absolute Gasteiger partial charge is 0.173 e. The Labute approximate surface area is 116 Å². The molecule has 1 aromatic rings. The van der Waals surface area contributed by atoms with Crippen LogP contribution in [-0.2, 0) is 9.53 Å². The van der Waals surface area contributed by atoms with Crippen LogP contribution < -0.4 is 0 Å². The average molecular weight is 279 g/mol. The molecule has 3 atom stereocenters. The molecule has 19 heavy (non-hydrogen) atoms. The highest BCUT2D eigenvalue weighted by Crippen LogP contribution is 2.37. The molecule has 1 aromatic carbocycles. The molecular formula is C15H15ClO3. The molecule has 3 unspecified atom stereocenters.